The summed E-state index contributed by atoms with van der Waals surface area (Å²) < 4.78 is 6.03. The fourth-order valence-corrected chi connectivity index (χ4v) is 5.05. The van der Waals surface area contributed by atoms with Gasteiger partial charge in [0.1, 0.15) is 11.6 Å². The van der Waals surface area contributed by atoms with Crippen LogP contribution in [0.4, 0.5) is 0 Å². The maximum Gasteiger partial charge on any atom is 0.271 e. The van der Waals surface area contributed by atoms with Crippen molar-refractivity contribution in [3.8, 4) is 11.8 Å². The number of methoxy groups -OCH3 is 1. The van der Waals surface area contributed by atoms with Crippen LogP contribution < -0.4 is 15.9 Å². The molecule has 3 N–H and O–H groups in total. The number of hydrogen-bond donors (Lipinski definition) is 2. The highest BCUT2D eigenvalue weighted by Crippen LogP contribution is 2.49. The van der Waals surface area contributed by atoms with E-state index in [2.05, 4.69) is 32.4 Å². The summed E-state index contributed by atoms with van der Waals surface area (Å²) in [6.07, 6.45) is 3.82. The first-order chi connectivity index (χ1) is 16.2. The molecule has 0 saturated heterocycles. The molecule has 0 saturated carbocycles. The predicted molar refractivity (Wildman–Crippen MR) is 129 cm³/mol. The maximum atomic E-state index is 13.5. The molecule has 1 amide bonds. The minimum Gasteiger partial charge on any atom is -0.496 e. The van der Waals surface area contributed by atoms with Gasteiger partial charge >= 0.3 is 0 Å². The minimum atomic E-state index is -0.655. The number of benzene rings is 1. The molecule has 1 unspecified atom stereocenters. The Bertz CT molecular complexity index is 1280. The van der Waals surface area contributed by atoms with Crippen molar-refractivity contribution in [2.45, 2.75) is 32.6 Å². The Hall–Kier alpha value is -3.64. The number of pyridine rings is 1. The smallest absolute Gasteiger partial charge is 0.271 e. The van der Waals surface area contributed by atoms with E-state index in [0.717, 1.165) is 5.56 Å². The van der Waals surface area contributed by atoms with E-state index < -0.39 is 11.8 Å². The third-order valence-electron chi connectivity index (χ3n) is 6.03. The molecule has 8 nitrogen and oxygen atoms in total. The lowest BCUT2D eigenvalue weighted by Crippen LogP contribution is -2.49. The maximum absolute atomic E-state index is 13.5. The summed E-state index contributed by atoms with van der Waals surface area (Å²) in [6.45, 7) is 3.99. The highest BCUT2D eigenvalue weighted by Gasteiger charge is 2.45. The van der Waals surface area contributed by atoms with E-state index >= 15 is 0 Å². The van der Waals surface area contributed by atoms with Gasteiger partial charge in [-0.3, -0.25) is 20.0 Å². The third-order valence-corrected chi connectivity index (χ3v) is 6.65. The molecule has 1 aliphatic carbocycles. The van der Waals surface area contributed by atoms with Gasteiger partial charge in [0, 0.05) is 24.4 Å². The van der Waals surface area contributed by atoms with Crippen LogP contribution >= 0.6 is 15.9 Å². The van der Waals surface area contributed by atoms with Gasteiger partial charge in [0.25, 0.3) is 5.91 Å². The number of carbonyl (C=O) groups excluding carboxylic acids is 2. The number of Topliss-reactive ketones (excluding diaryl/α,β-unsaturated/α-hetero) is 1. The van der Waals surface area contributed by atoms with Crippen molar-refractivity contribution in [3.05, 3.63) is 81.0 Å². The Morgan fingerprint density at radius 3 is 2.74 bits per heavy atom. The number of ether oxygens (including phenoxy) is 1. The molecule has 1 aromatic heterocycles. The van der Waals surface area contributed by atoms with Gasteiger partial charge in [-0.05, 0) is 57.6 Å². The number of nitrogens with one attached hydrogen (secondary N) is 1. The number of carbonyl (C=O) groups is 2. The fraction of sp³-hybridized carbons (Fsp3) is 0.280. The van der Waals surface area contributed by atoms with E-state index in [1.807, 2.05) is 26.0 Å². The molecule has 34 heavy (non-hydrogen) atoms. The SMILES string of the molecule is COc1ccc(C2C(C#N)=C(N)N(NC(=O)c3cccnc3)C3=C2C(=O)CC(C)(C)C3)cc1Br. The molecule has 1 atom stereocenters. The molecule has 174 valence electrons. The van der Waals surface area contributed by atoms with Crippen molar-refractivity contribution in [3.63, 3.8) is 0 Å². The van der Waals surface area contributed by atoms with Crippen molar-refractivity contribution in [2.24, 2.45) is 11.1 Å². The zero-order valence-corrected chi connectivity index (χ0v) is 20.6. The normalized spacial score (nSPS) is 19.4. The number of aromatic nitrogens is 1. The highest BCUT2D eigenvalue weighted by atomic mass is 79.9. The van der Waals surface area contributed by atoms with Crippen LogP contribution in [0.3, 0.4) is 0 Å². The number of nitriles is 1. The fourth-order valence-electron chi connectivity index (χ4n) is 4.50. The molecule has 1 aliphatic heterocycles. The number of allylic oxidation sites excluding steroid dienone is 3. The predicted octanol–water partition coefficient (Wildman–Crippen LogP) is 3.93. The average molecular weight is 522 g/mol. The first-order valence-corrected chi connectivity index (χ1v) is 11.5. The molecule has 0 fully saturated rings. The number of ketones is 1. The number of nitrogens with zero attached hydrogens (tertiary/aromatic N) is 3. The molecule has 0 spiro atoms. The summed E-state index contributed by atoms with van der Waals surface area (Å²) in [5.41, 5.74) is 11.2. The zero-order valence-electron chi connectivity index (χ0n) is 19.1. The van der Waals surface area contributed by atoms with Gasteiger partial charge in [-0.25, -0.2) is 5.01 Å². The van der Waals surface area contributed by atoms with Crippen molar-refractivity contribution in [2.75, 3.05) is 7.11 Å². The summed E-state index contributed by atoms with van der Waals surface area (Å²) in [7, 11) is 1.56. The summed E-state index contributed by atoms with van der Waals surface area (Å²) in [5.74, 6) is -0.463. The van der Waals surface area contributed by atoms with Gasteiger partial charge in [0.15, 0.2) is 5.78 Å². The Labute approximate surface area is 206 Å². The van der Waals surface area contributed by atoms with Gasteiger partial charge in [-0.15, -0.1) is 0 Å². The number of nitrogens with two attached hydrogens (primary N) is 1. The highest BCUT2D eigenvalue weighted by molar-refractivity contribution is 9.10. The van der Waals surface area contributed by atoms with E-state index in [9.17, 15) is 14.9 Å². The van der Waals surface area contributed by atoms with Gasteiger partial charge in [-0.1, -0.05) is 19.9 Å². The number of amides is 1. The Morgan fingerprint density at radius 1 is 1.35 bits per heavy atom. The summed E-state index contributed by atoms with van der Waals surface area (Å²) in [4.78, 5) is 30.4. The molecule has 1 aromatic carbocycles. The number of hydrogen-bond acceptors (Lipinski definition) is 7. The number of rotatable bonds is 4. The molecule has 2 aliphatic rings. The summed E-state index contributed by atoms with van der Waals surface area (Å²) in [6, 6.07) is 10.9. The molecular formula is C25H24BrN5O3. The molecule has 2 heterocycles. The lowest BCUT2D eigenvalue weighted by Gasteiger charge is -2.43. The van der Waals surface area contributed by atoms with E-state index in [1.54, 1.807) is 31.5 Å². The van der Waals surface area contributed by atoms with Gasteiger partial charge in [-0.2, -0.15) is 5.26 Å². The first-order valence-electron chi connectivity index (χ1n) is 10.7. The van der Waals surface area contributed by atoms with Crippen LogP contribution in [0.1, 0.15) is 48.5 Å². The van der Waals surface area contributed by atoms with E-state index in [1.165, 1.54) is 11.2 Å². The van der Waals surface area contributed by atoms with Crippen LogP contribution in [0.2, 0.25) is 0 Å². The largest absolute Gasteiger partial charge is 0.496 e. The molecule has 4 rings (SSSR count). The molecule has 0 radical (unpaired) electrons. The lowest BCUT2D eigenvalue weighted by molar-refractivity contribution is -0.118. The molecule has 2 aromatic rings. The van der Waals surface area contributed by atoms with Gasteiger partial charge in [0.2, 0.25) is 0 Å². The molecule has 9 heteroatoms. The van der Waals surface area contributed by atoms with Crippen molar-refractivity contribution in [1.82, 2.24) is 15.4 Å². The van der Waals surface area contributed by atoms with Crippen molar-refractivity contribution in [1.29, 1.82) is 5.26 Å². The van der Waals surface area contributed by atoms with Gasteiger partial charge in [0.05, 0.1) is 40.4 Å². The topological polar surface area (TPSA) is 121 Å². The molecule has 0 bridgehead atoms. The summed E-state index contributed by atoms with van der Waals surface area (Å²) in [5, 5.41) is 11.5. The van der Waals surface area contributed by atoms with Crippen LogP contribution in [0, 0.1) is 16.7 Å². The van der Waals surface area contributed by atoms with Crippen molar-refractivity contribution >= 4 is 27.6 Å². The minimum absolute atomic E-state index is 0.0796. The lowest BCUT2D eigenvalue weighted by atomic mass is 9.69. The summed E-state index contributed by atoms with van der Waals surface area (Å²) >= 11 is 3.49. The van der Waals surface area contributed by atoms with E-state index in [0.29, 0.717) is 39.9 Å². The Kier molecular flexibility index (Phi) is 6.19. The standard InChI is InChI=1S/C25H24BrN5O3/c1-25(2)10-18-22(19(32)11-25)21(14-6-7-20(34-3)17(26)9-14)16(12-27)23(28)31(18)30-24(33)15-5-4-8-29-13-15/h4-9,13,21H,10-11,28H2,1-3H3,(H,30,33). The third kappa shape index (κ3) is 4.17. The second-order valence-corrected chi connectivity index (χ2v) is 9.91. The second kappa shape index (κ2) is 8.95. The van der Waals surface area contributed by atoms with Gasteiger partial charge < -0.3 is 10.5 Å². The number of hydrazine groups is 1. The van der Waals surface area contributed by atoms with Crippen LogP contribution in [-0.4, -0.2) is 28.8 Å². The Morgan fingerprint density at radius 2 is 2.12 bits per heavy atom. The van der Waals surface area contributed by atoms with Crippen molar-refractivity contribution < 1.29 is 14.3 Å². The van der Waals surface area contributed by atoms with Crippen LogP contribution in [-0.2, 0) is 4.79 Å². The number of halogens is 1. The average Bonchev–Trinajstić information content (AvgIpc) is 2.80. The van der Waals surface area contributed by atoms with E-state index in [4.69, 9.17) is 10.5 Å². The monoisotopic (exact) mass is 521 g/mol. The van der Waals surface area contributed by atoms with Crippen LogP contribution in [0.5, 0.6) is 5.75 Å². The second-order valence-electron chi connectivity index (χ2n) is 9.06. The van der Waals surface area contributed by atoms with Crippen LogP contribution in [0.25, 0.3) is 0 Å². The first kappa shape index (κ1) is 23.5. The van der Waals surface area contributed by atoms with E-state index in [-0.39, 0.29) is 22.6 Å². The van der Waals surface area contributed by atoms with Crippen LogP contribution in [0.15, 0.2) is 69.9 Å². The molecular weight excluding hydrogens is 498 g/mol. The Balaban J connectivity index is 1.87. The quantitative estimate of drug-likeness (QED) is 0.624. The zero-order chi connectivity index (χ0) is 24.6.